The van der Waals surface area contributed by atoms with Gasteiger partial charge in [0.05, 0.1) is 23.7 Å². The van der Waals surface area contributed by atoms with Crippen LogP contribution in [0.3, 0.4) is 0 Å². The highest BCUT2D eigenvalue weighted by Gasteiger charge is 2.21. The number of amides is 1. The Morgan fingerprint density at radius 3 is 2.52 bits per heavy atom. The van der Waals surface area contributed by atoms with Crippen molar-refractivity contribution in [3.8, 4) is 5.75 Å². The predicted molar refractivity (Wildman–Crippen MR) is 141 cm³/mol. The molecule has 4 aromatic rings. The first-order valence-corrected chi connectivity index (χ1v) is 11.9. The van der Waals surface area contributed by atoms with Gasteiger partial charge >= 0.3 is 0 Å². The van der Waals surface area contributed by atoms with Crippen LogP contribution in [0.25, 0.3) is 21.0 Å². The zero-order valence-corrected chi connectivity index (χ0v) is 20.9. The molecule has 1 amide bonds. The molecule has 0 aliphatic heterocycles. The van der Waals surface area contributed by atoms with Crippen LogP contribution in [0.1, 0.15) is 19.4 Å². The number of hydrogen-bond donors (Lipinski definition) is 0. The van der Waals surface area contributed by atoms with E-state index in [9.17, 15) is 4.79 Å². The molecule has 0 bridgehead atoms. The van der Waals surface area contributed by atoms with Crippen LogP contribution in [0, 0.1) is 0 Å². The van der Waals surface area contributed by atoms with Gasteiger partial charge in [-0.05, 0) is 47.6 Å². The maximum atomic E-state index is 13.6. The summed E-state index contributed by atoms with van der Waals surface area (Å²) in [5.41, 5.74) is 1.93. The molecule has 0 fully saturated rings. The number of methoxy groups -OCH3 is 1. The number of nitrogens with zero attached hydrogens (tertiary/aromatic N) is 3. The molecule has 7 heteroatoms. The van der Waals surface area contributed by atoms with E-state index in [4.69, 9.17) is 9.72 Å². The fraction of sp³-hybridized carbons (Fsp3) is 0.308. The van der Waals surface area contributed by atoms with Crippen molar-refractivity contribution in [3.05, 3.63) is 66.2 Å². The summed E-state index contributed by atoms with van der Waals surface area (Å²) in [4.78, 5) is 22.6. The molecule has 0 radical (unpaired) electrons. The van der Waals surface area contributed by atoms with Crippen LogP contribution in [0.2, 0.25) is 0 Å². The molecule has 33 heavy (non-hydrogen) atoms. The maximum Gasteiger partial charge on any atom is 0.233 e. The van der Waals surface area contributed by atoms with Crippen LogP contribution >= 0.6 is 23.7 Å². The molecule has 0 saturated heterocycles. The number of carbonyl (C=O) groups is 1. The van der Waals surface area contributed by atoms with Crippen molar-refractivity contribution in [3.63, 3.8) is 0 Å². The molecule has 0 N–H and O–H groups in total. The van der Waals surface area contributed by atoms with Gasteiger partial charge in [0.25, 0.3) is 0 Å². The van der Waals surface area contributed by atoms with E-state index in [0.717, 1.165) is 57.1 Å². The number of thiazole rings is 1. The molecule has 1 heterocycles. The van der Waals surface area contributed by atoms with Crippen molar-refractivity contribution in [2.24, 2.45) is 0 Å². The summed E-state index contributed by atoms with van der Waals surface area (Å²) in [5, 5.41) is 3.02. The van der Waals surface area contributed by atoms with Gasteiger partial charge in [-0.15, -0.1) is 12.4 Å². The highest BCUT2D eigenvalue weighted by molar-refractivity contribution is 7.22. The van der Waals surface area contributed by atoms with Crippen molar-refractivity contribution >= 4 is 55.8 Å². The molecule has 0 unspecified atom stereocenters. The second-order valence-electron chi connectivity index (χ2n) is 7.72. The van der Waals surface area contributed by atoms with Gasteiger partial charge in [-0.2, -0.15) is 0 Å². The van der Waals surface area contributed by atoms with Gasteiger partial charge in [-0.3, -0.25) is 9.69 Å². The zero-order valence-electron chi connectivity index (χ0n) is 19.3. The number of benzene rings is 3. The average molecular weight is 484 g/mol. The van der Waals surface area contributed by atoms with E-state index < -0.39 is 0 Å². The van der Waals surface area contributed by atoms with E-state index in [1.54, 1.807) is 7.11 Å². The molecule has 174 valence electrons. The summed E-state index contributed by atoms with van der Waals surface area (Å²) in [7, 11) is 1.66. The van der Waals surface area contributed by atoms with E-state index in [1.165, 1.54) is 11.3 Å². The minimum absolute atomic E-state index is 0. The Labute approximate surface area is 205 Å². The number of rotatable bonds is 9. The topological polar surface area (TPSA) is 45.7 Å². The molecule has 5 nitrogen and oxygen atoms in total. The van der Waals surface area contributed by atoms with Gasteiger partial charge in [0.2, 0.25) is 5.91 Å². The first-order valence-electron chi connectivity index (χ1n) is 11.1. The number of carbonyl (C=O) groups excluding carboxylic acids is 1. The first-order chi connectivity index (χ1) is 15.6. The molecular weight excluding hydrogens is 454 g/mol. The zero-order chi connectivity index (χ0) is 22.5. The Morgan fingerprint density at radius 2 is 1.76 bits per heavy atom. The molecule has 3 aromatic carbocycles. The summed E-state index contributed by atoms with van der Waals surface area (Å²) in [6.45, 7) is 7.64. The quantitative estimate of drug-likeness (QED) is 0.302. The molecule has 0 saturated carbocycles. The van der Waals surface area contributed by atoms with Gasteiger partial charge in [0.1, 0.15) is 5.75 Å². The normalized spacial score (nSPS) is 11.0. The fourth-order valence-corrected chi connectivity index (χ4v) is 4.99. The third-order valence-corrected chi connectivity index (χ3v) is 6.91. The summed E-state index contributed by atoms with van der Waals surface area (Å²) in [6.07, 6.45) is 0.346. The second kappa shape index (κ2) is 11.5. The number of aromatic nitrogens is 1. The van der Waals surface area contributed by atoms with E-state index in [1.807, 2.05) is 47.4 Å². The van der Waals surface area contributed by atoms with Gasteiger partial charge in [0.15, 0.2) is 5.13 Å². The Kier molecular flexibility index (Phi) is 8.67. The first kappa shape index (κ1) is 25.0. The Bertz CT molecular complexity index is 1220. The van der Waals surface area contributed by atoms with Crippen molar-refractivity contribution in [2.45, 2.75) is 20.3 Å². The largest absolute Gasteiger partial charge is 0.497 e. The summed E-state index contributed by atoms with van der Waals surface area (Å²) in [5.74, 6) is 0.865. The van der Waals surface area contributed by atoms with E-state index >= 15 is 0 Å². The summed E-state index contributed by atoms with van der Waals surface area (Å²) in [6, 6.07) is 20.2. The van der Waals surface area contributed by atoms with Crippen LogP contribution in [0.5, 0.6) is 5.75 Å². The second-order valence-corrected chi connectivity index (χ2v) is 8.73. The molecule has 1 aromatic heterocycles. The lowest BCUT2D eigenvalue weighted by Gasteiger charge is -2.25. The lowest BCUT2D eigenvalue weighted by atomic mass is 10.0. The number of anilines is 1. The lowest BCUT2D eigenvalue weighted by molar-refractivity contribution is -0.118. The Morgan fingerprint density at radius 1 is 1.00 bits per heavy atom. The number of likely N-dealkylation sites (N-methyl/N-ethyl adjacent to an activating group) is 1. The molecule has 0 aliphatic carbocycles. The average Bonchev–Trinajstić information content (AvgIpc) is 3.24. The number of ether oxygens (including phenoxy) is 1. The fourth-order valence-electron chi connectivity index (χ4n) is 3.95. The predicted octanol–water partition coefficient (Wildman–Crippen LogP) is 5.80. The standard InChI is InChI=1S/C26H29N3O2S.ClH/c1-4-28(5-2)15-16-29(26-27-23-14-13-21(31-3)18-24(23)32-26)25(30)17-20-11-8-10-19-9-6-7-12-22(19)20;/h6-14,18H,4-5,15-17H2,1-3H3;1H. The minimum atomic E-state index is 0. The minimum Gasteiger partial charge on any atom is -0.497 e. The van der Waals surface area contributed by atoms with Gasteiger partial charge < -0.3 is 9.64 Å². The van der Waals surface area contributed by atoms with Crippen LogP contribution in [0.4, 0.5) is 5.13 Å². The highest BCUT2D eigenvalue weighted by Crippen LogP contribution is 2.32. The molecule has 0 atom stereocenters. The van der Waals surface area contributed by atoms with Crippen LogP contribution in [-0.4, -0.2) is 49.1 Å². The van der Waals surface area contributed by atoms with Crippen molar-refractivity contribution < 1.29 is 9.53 Å². The smallest absolute Gasteiger partial charge is 0.233 e. The molecule has 0 aliphatic rings. The van der Waals surface area contributed by atoms with Crippen LogP contribution < -0.4 is 9.64 Å². The van der Waals surface area contributed by atoms with E-state index in [0.29, 0.717) is 13.0 Å². The van der Waals surface area contributed by atoms with E-state index in [2.05, 4.69) is 36.9 Å². The molecular formula is C26H30ClN3O2S. The third kappa shape index (κ3) is 5.64. The van der Waals surface area contributed by atoms with Crippen molar-refractivity contribution in [1.82, 2.24) is 9.88 Å². The number of hydrogen-bond acceptors (Lipinski definition) is 5. The van der Waals surface area contributed by atoms with Gasteiger partial charge in [0, 0.05) is 13.1 Å². The third-order valence-electron chi connectivity index (χ3n) is 5.87. The van der Waals surface area contributed by atoms with Crippen molar-refractivity contribution in [2.75, 3.05) is 38.2 Å². The van der Waals surface area contributed by atoms with Gasteiger partial charge in [-0.25, -0.2) is 4.98 Å². The van der Waals surface area contributed by atoms with Crippen molar-refractivity contribution in [1.29, 1.82) is 0 Å². The SMILES string of the molecule is CCN(CC)CCN(C(=O)Cc1cccc2ccccc12)c1nc2ccc(OC)cc2s1.Cl. The highest BCUT2D eigenvalue weighted by atomic mass is 35.5. The lowest BCUT2D eigenvalue weighted by Crippen LogP contribution is -2.39. The van der Waals surface area contributed by atoms with Crippen LogP contribution in [0.15, 0.2) is 60.7 Å². The maximum absolute atomic E-state index is 13.6. The Balaban J connectivity index is 0.00000306. The Hall–Kier alpha value is -2.67. The van der Waals surface area contributed by atoms with Crippen LogP contribution in [-0.2, 0) is 11.2 Å². The molecule has 0 spiro atoms. The molecule has 4 rings (SSSR count). The summed E-state index contributed by atoms with van der Waals surface area (Å²) < 4.78 is 6.38. The number of fused-ring (bicyclic) bond motifs is 2. The summed E-state index contributed by atoms with van der Waals surface area (Å²) >= 11 is 1.54. The van der Waals surface area contributed by atoms with E-state index in [-0.39, 0.29) is 18.3 Å². The number of halogens is 1. The van der Waals surface area contributed by atoms with Gasteiger partial charge in [-0.1, -0.05) is 67.6 Å². The monoisotopic (exact) mass is 483 g/mol.